The van der Waals surface area contributed by atoms with Crippen LogP contribution in [0.4, 0.5) is 4.39 Å². The Labute approximate surface area is 103 Å². The second-order valence-electron chi connectivity index (χ2n) is 5.68. The van der Waals surface area contributed by atoms with E-state index >= 15 is 0 Å². The lowest BCUT2D eigenvalue weighted by Gasteiger charge is -2.22. The van der Waals surface area contributed by atoms with Gasteiger partial charge in [-0.25, -0.2) is 4.39 Å². The van der Waals surface area contributed by atoms with Crippen LogP contribution in [0.1, 0.15) is 32.8 Å². The molecule has 0 fully saturated rings. The van der Waals surface area contributed by atoms with Crippen LogP contribution in [-0.2, 0) is 6.54 Å². The first kappa shape index (κ1) is 14.1. The summed E-state index contributed by atoms with van der Waals surface area (Å²) in [4.78, 5) is 0. The van der Waals surface area contributed by atoms with Crippen LogP contribution in [0, 0.1) is 11.2 Å². The number of aliphatic hydroxyl groups excluding tert-OH is 1. The van der Waals surface area contributed by atoms with E-state index in [-0.39, 0.29) is 17.3 Å². The molecule has 0 aromatic heterocycles. The van der Waals surface area contributed by atoms with Gasteiger partial charge in [-0.15, -0.1) is 0 Å². The van der Waals surface area contributed by atoms with Crippen LogP contribution in [0.3, 0.4) is 0 Å². The van der Waals surface area contributed by atoms with Gasteiger partial charge in [-0.2, -0.15) is 0 Å². The third-order valence-electron chi connectivity index (χ3n) is 2.45. The van der Waals surface area contributed by atoms with Gasteiger partial charge in [0, 0.05) is 13.1 Å². The first-order chi connectivity index (χ1) is 7.87. The Bertz CT molecular complexity index is 346. The largest absolute Gasteiger partial charge is 0.392 e. The summed E-state index contributed by atoms with van der Waals surface area (Å²) in [5, 5.41) is 12.9. The molecule has 17 heavy (non-hydrogen) atoms. The molecule has 0 bridgehead atoms. The molecule has 0 saturated heterocycles. The van der Waals surface area contributed by atoms with Gasteiger partial charge in [-0.05, 0) is 29.5 Å². The van der Waals surface area contributed by atoms with Crippen molar-refractivity contribution in [3.05, 3.63) is 35.6 Å². The highest BCUT2D eigenvalue weighted by atomic mass is 19.1. The number of aliphatic hydroxyl groups is 1. The average molecular weight is 239 g/mol. The molecule has 0 saturated carbocycles. The molecule has 0 aliphatic rings. The van der Waals surface area contributed by atoms with Crippen molar-refractivity contribution in [3.8, 4) is 0 Å². The standard InChI is InChI=1S/C14H22FNO/c1-14(2,3)8-13(17)10-16-9-11-5-4-6-12(15)7-11/h4-7,13,16-17H,8-10H2,1-3H3. The molecule has 3 heteroatoms. The van der Waals surface area contributed by atoms with E-state index < -0.39 is 0 Å². The van der Waals surface area contributed by atoms with Crippen LogP contribution < -0.4 is 5.32 Å². The van der Waals surface area contributed by atoms with E-state index in [1.54, 1.807) is 6.07 Å². The fraction of sp³-hybridized carbons (Fsp3) is 0.571. The quantitative estimate of drug-likeness (QED) is 0.828. The van der Waals surface area contributed by atoms with Crippen molar-refractivity contribution in [3.63, 3.8) is 0 Å². The molecule has 2 N–H and O–H groups in total. The number of nitrogens with one attached hydrogen (secondary N) is 1. The maximum absolute atomic E-state index is 12.9. The molecular formula is C14H22FNO. The summed E-state index contributed by atoms with van der Waals surface area (Å²) in [6, 6.07) is 6.49. The lowest BCUT2D eigenvalue weighted by Crippen LogP contribution is -2.29. The maximum Gasteiger partial charge on any atom is 0.123 e. The van der Waals surface area contributed by atoms with Crippen molar-refractivity contribution < 1.29 is 9.50 Å². The van der Waals surface area contributed by atoms with Gasteiger partial charge in [-0.1, -0.05) is 32.9 Å². The van der Waals surface area contributed by atoms with Crippen molar-refractivity contribution in [2.45, 2.75) is 39.8 Å². The predicted octanol–water partition coefficient (Wildman–Crippen LogP) is 2.71. The monoisotopic (exact) mass is 239 g/mol. The Hall–Kier alpha value is -0.930. The van der Waals surface area contributed by atoms with Gasteiger partial charge in [-0.3, -0.25) is 0 Å². The molecule has 1 atom stereocenters. The Kier molecular flexibility index (Phi) is 5.09. The minimum atomic E-state index is -0.358. The summed E-state index contributed by atoms with van der Waals surface area (Å²) >= 11 is 0. The van der Waals surface area contributed by atoms with Gasteiger partial charge in [0.05, 0.1) is 6.10 Å². The number of rotatable bonds is 5. The Morgan fingerprint density at radius 3 is 2.65 bits per heavy atom. The summed E-state index contributed by atoms with van der Waals surface area (Å²) < 4.78 is 12.9. The van der Waals surface area contributed by atoms with Crippen LogP contribution >= 0.6 is 0 Å². The third-order valence-corrected chi connectivity index (χ3v) is 2.45. The normalized spacial score (nSPS) is 13.7. The minimum Gasteiger partial charge on any atom is -0.392 e. The zero-order chi connectivity index (χ0) is 12.9. The van der Waals surface area contributed by atoms with E-state index in [9.17, 15) is 9.50 Å². The molecule has 1 rings (SSSR count). The number of hydrogen-bond acceptors (Lipinski definition) is 2. The van der Waals surface area contributed by atoms with E-state index in [0.29, 0.717) is 13.1 Å². The Balaban J connectivity index is 2.28. The number of hydrogen-bond donors (Lipinski definition) is 2. The van der Waals surface area contributed by atoms with Crippen molar-refractivity contribution in [2.24, 2.45) is 5.41 Å². The molecule has 1 aromatic carbocycles. The molecule has 0 radical (unpaired) electrons. The van der Waals surface area contributed by atoms with E-state index in [1.807, 2.05) is 6.07 Å². The molecule has 1 aromatic rings. The SMILES string of the molecule is CC(C)(C)CC(O)CNCc1cccc(F)c1. The van der Waals surface area contributed by atoms with Crippen LogP contribution in [-0.4, -0.2) is 17.8 Å². The van der Waals surface area contributed by atoms with Gasteiger partial charge in [0.15, 0.2) is 0 Å². The first-order valence-electron chi connectivity index (χ1n) is 6.00. The highest BCUT2D eigenvalue weighted by molar-refractivity contribution is 5.15. The summed E-state index contributed by atoms with van der Waals surface area (Å²) in [5.41, 5.74) is 1.02. The third kappa shape index (κ3) is 6.39. The first-order valence-corrected chi connectivity index (χ1v) is 6.00. The van der Waals surface area contributed by atoms with Crippen molar-refractivity contribution in [1.82, 2.24) is 5.32 Å². The summed E-state index contributed by atoms with van der Waals surface area (Å²) in [6.07, 6.45) is 0.395. The van der Waals surface area contributed by atoms with Gasteiger partial charge in [0.2, 0.25) is 0 Å². The van der Waals surface area contributed by atoms with E-state index in [1.165, 1.54) is 12.1 Å². The van der Waals surface area contributed by atoms with Crippen LogP contribution in [0.5, 0.6) is 0 Å². The van der Waals surface area contributed by atoms with Crippen molar-refractivity contribution in [1.29, 1.82) is 0 Å². The van der Waals surface area contributed by atoms with E-state index in [2.05, 4.69) is 26.1 Å². The number of benzene rings is 1. The Morgan fingerprint density at radius 2 is 2.06 bits per heavy atom. The second-order valence-corrected chi connectivity index (χ2v) is 5.68. The second kappa shape index (κ2) is 6.12. The molecule has 0 aliphatic heterocycles. The lowest BCUT2D eigenvalue weighted by molar-refractivity contribution is 0.119. The van der Waals surface area contributed by atoms with Gasteiger partial charge in [0.1, 0.15) is 5.82 Å². The molecule has 96 valence electrons. The fourth-order valence-corrected chi connectivity index (χ4v) is 1.81. The molecular weight excluding hydrogens is 217 g/mol. The molecule has 2 nitrogen and oxygen atoms in total. The minimum absolute atomic E-state index is 0.125. The molecule has 1 unspecified atom stereocenters. The lowest BCUT2D eigenvalue weighted by atomic mass is 9.89. The highest BCUT2D eigenvalue weighted by Gasteiger charge is 2.16. The van der Waals surface area contributed by atoms with Gasteiger partial charge < -0.3 is 10.4 Å². The highest BCUT2D eigenvalue weighted by Crippen LogP contribution is 2.20. The van der Waals surface area contributed by atoms with Crippen molar-refractivity contribution in [2.75, 3.05) is 6.54 Å². The topological polar surface area (TPSA) is 32.3 Å². The molecule has 0 spiro atoms. The molecule has 0 heterocycles. The average Bonchev–Trinajstić information content (AvgIpc) is 2.14. The van der Waals surface area contributed by atoms with Gasteiger partial charge >= 0.3 is 0 Å². The summed E-state index contributed by atoms with van der Waals surface area (Å²) in [7, 11) is 0. The fourth-order valence-electron chi connectivity index (χ4n) is 1.81. The zero-order valence-electron chi connectivity index (χ0n) is 10.8. The summed E-state index contributed by atoms with van der Waals surface area (Å²) in [6.45, 7) is 7.42. The molecule has 0 amide bonds. The Morgan fingerprint density at radius 1 is 1.35 bits per heavy atom. The van der Waals surface area contributed by atoms with Crippen molar-refractivity contribution >= 4 is 0 Å². The van der Waals surface area contributed by atoms with Crippen LogP contribution in [0.25, 0.3) is 0 Å². The van der Waals surface area contributed by atoms with Crippen LogP contribution in [0.2, 0.25) is 0 Å². The van der Waals surface area contributed by atoms with E-state index in [4.69, 9.17) is 0 Å². The van der Waals surface area contributed by atoms with E-state index in [0.717, 1.165) is 12.0 Å². The number of halogens is 1. The zero-order valence-corrected chi connectivity index (χ0v) is 10.8. The van der Waals surface area contributed by atoms with Crippen LogP contribution in [0.15, 0.2) is 24.3 Å². The maximum atomic E-state index is 12.9. The van der Waals surface area contributed by atoms with Gasteiger partial charge in [0.25, 0.3) is 0 Å². The molecule has 0 aliphatic carbocycles. The smallest absolute Gasteiger partial charge is 0.123 e. The summed E-state index contributed by atoms with van der Waals surface area (Å²) in [5.74, 6) is -0.223. The predicted molar refractivity (Wildman–Crippen MR) is 68.2 cm³/mol.